The molecule has 0 aliphatic rings. The molecule has 0 amide bonds. The summed E-state index contributed by atoms with van der Waals surface area (Å²) in [6, 6.07) is 48.1. The van der Waals surface area contributed by atoms with Gasteiger partial charge in [0.15, 0.2) is 5.82 Å². The first kappa shape index (κ1) is 39.5. The van der Waals surface area contributed by atoms with Crippen molar-refractivity contribution in [2.75, 3.05) is 0 Å². The molecule has 0 saturated carbocycles. The molecular weight excluding hydrogens is 886 g/mol. The largest absolute Gasteiger partial charge is 0.319 e. The Labute approximate surface area is 350 Å². The molecule has 8 rings (SSSR count). The van der Waals surface area contributed by atoms with Crippen LogP contribution in [0.4, 0.5) is 0 Å². The number of rotatable bonds is 6. The molecule has 3 heterocycles. The summed E-state index contributed by atoms with van der Waals surface area (Å²) in [6.45, 7) is 20.3. The number of benzene rings is 5. The third-order valence-electron chi connectivity index (χ3n) is 10.1. The molecule has 0 radical (unpaired) electrons. The quantitative estimate of drug-likeness (QED) is 0.123. The molecule has 0 N–H and O–H groups in total. The zero-order valence-corrected chi connectivity index (χ0v) is 36.6. The van der Waals surface area contributed by atoms with Gasteiger partial charge in [0.2, 0.25) is 0 Å². The molecular formula is C49H47N5PtS-2. The minimum Gasteiger partial charge on any atom is -0.319 e. The third-order valence-corrected chi connectivity index (χ3v) is 11.1. The molecule has 0 aliphatic heterocycles. The number of hydrogen-bond acceptors (Lipinski definition) is 3. The summed E-state index contributed by atoms with van der Waals surface area (Å²) in [5.41, 5.74) is 8.68. The maximum atomic E-state index is 5.18. The normalized spacial score (nSPS) is 12.3. The van der Waals surface area contributed by atoms with Crippen LogP contribution in [0.5, 0.6) is 0 Å². The first-order chi connectivity index (χ1) is 26.1. The average molecular weight is 933 g/mol. The van der Waals surface area contributed by atoms with Crippen LogP contribution < -0.4 is 4.68 Å². The van der Waals surface area contributed by atoms with Crippen molar-refractivity contribution >= 4 is 33.6 Å². The fourth-order valence-electron chi connectivity index (χ4n) is 6.88. The van der Waals surface area contributed by atoms with Crippen LogP contribution in [0.2, 0.25) is 0 Å². The van der Waals surface area contributed by atoms with Crippen LogP contribution in [-0.2, 0) is 37.3 Å². The van der Waals surface area contributed by atoms with Gasteiger partial charge in [0.25, 0.3) is 6.33 Å². The van der Waals surface area contributed by atoms with Crippen molar-refractivity contribution in [1.82, 2.24) is 19.2 Å². The monoisotopic (exact) mass is 932 g/mol. The number of hydrogen-bond donors (Lipinski definition) is 0. The van der Waals surface area contributed by atoms with Gasteiger partial charge in [0.05, 0.1) is 5.69 Å². The summed E-state index contributed by atoms with van der Waals surface area (Å²) in [4.78, 5) is 6.83. The predicted octanol–water partition coefficient (Wildman–Crippen LogP) is 11.7. The van der Waals surface area contributed by atoms with E-state index >= 15 is 0 Å². The number of para-hydroxylation sites is 1. The Morgan fingerprint density at radius 2 is 1.27 bits per heavy atom. The second-order valence-electron chi connectivity index (χ2n) is 17.4. The van der Waals surface area contributed by atoms with Gasteiger partial charge in [-0.1, -0.05) is 140 Å². The molecule has 7 heteroatoms. The van der Waals surface area contributed by atoms with E-state index < -0.39 is 0 Å². The molecule has 5 nitrogen and oxygen atoms in total. The molecule has 0 spiro atoms. The summed E-state index contributed by atoms with van der Waals surface area (Å²) < 4.78 is 6.16. The summed E-state index contributed by atoms with van der Waals surface area (Å²) in [5.74, 6) is 1.69. The standard InChI is InChI=1S/C49H47N5S.Pt/c1-47(2,3)34-24-25-50-45(29-34)54-43-21-14-13-20-41(43)42-23-22-40(31-44(42)54)55-39-19-15-18-37(30-39)52-32-53(51-46(52)33-16-11-10-12-17-33)38-27-35(48(4,5)6)26-36(28-38)49(7,8)9;/h10-29H,1-9H3;/q-2;. The van der Waals surface area contributed by atoms with Crippen LogP contribution in [0.3, 0.4) is 0 Å². The summed E-state index contributed by atoms with van der Waals surface area (Å²) in [7, 11) is 0. The fraction of sp³-hybridized carbons (Fsp3) is 0.245. The smallest absolute Gasteiger partial charge is 0.272 e. The van der Waals surface area contributed by atoms with Crippen LogP contribution in [0.15, 0.2) is 131 Å². The van der Waals surface area contributed by atoms with E-state index in [1.807, 2.05) is 33.6 Å². The molecule has 0 unspecified atom stereocenters. The van der Waals surface area contributed by atoms with Crippen molar-refractivity contribution < 1.29 is 25.7 Å². The van der Waals surface area contributed by atoms with Crippen molar-refractivity contribution in [3.05, 3.63) is 157 Å². The molecule has 0 aliphatic carbocycles. The van der Waals surface area contributed by atoms with Crippen molar-refractivity contribution in [1.29, 1.82) is 0 Å². The van der Waals surface area contributed by atoms with Crippen molar-refractivity contribution in [2.45, 2.75) is 88.3 Å². The van der Waals surface area contributed by atoms with Gasteiger partial charge < -0.3 is 9.13 Å². The zero-order chi connectivity index (χ0) is 38.7. The van der Waals surface area contributed by atoms with Crippen molar-refractivity contribution in [3.8, 4) is 28.6 Å². The maximum absolute atomic E-state index is 5.18. The number of aromatic nitrogens is 5. The number of nitrogens with zero attached hydrogens (tertiary/aromatic N) is 5. The molecule has 5 aromatic carbocycles. The molecule has 0 fully saturated rings. The van der Waals surface area contributed by atoms with Crippen LogP contribution in [0.1, 0.15) is 79.0 Å². The number of pyridine rings is 1. The molecule has 0 bridgehead atoms. The van der Waals surface area contributed by atoms with E-state index in [-0.39, 0.29) is 37.3 Å². The number of fused-ring (bicyclic) bond motifs is 3. The van der Waals surface area contributed by atoms with Gasteiger partial charge in [-0.2, -0.15) is 41.1 Å². The van der Waals surface area contributed by atoms with Gasteiger partial charge in [-0.3, -0.25) is 0 Å². The Morgan fingerprint density at radius 3 is 1.96 bits per heavy atom. The Bertz CT molecular complexity index is 2650. The third kappa shape index (κ3) is 7.79. The Hall–Kier alpha value is -4.77. The van der Waals surface area contributed by atoms with Crippen LogP contribution in [0.25, 0.3) is 50.4 Å². The van der Waals surface area contributed by atoms with E-state index in [0.717, 1.165) is 54.8 Å². The summed E-state index contributed by atoms with van der Waals surface area (Å²) in [6.07, 6.45) is 5.52. The SMILES string of the molecule is CC(C)(C)c1cc(-[n+]2[c-]n(-c3[c-]c(Sc4[c-]c5c(cc4)c4ccccc4n5-c4cc(C(C)(C)C)ccn4)ccc3)c(-c3ccccc3)n2)cc(C(C)(C)C)c1.[Pt]. The summed E-state index contributed by atoms with van der Waals surface area (Å²) >= 11 is 1.65. The van der Waals surface area contributed by atoms with E-state index in [0.29, 0.717) is 0 Å². The maximum Gasteiger partial charge on any atom is 0.272 e. The zero-order valence-electron chi connectivity index (χ0n) is 33.5. The van der Waals surface area contributed by atoms with E-state index in [9.17, 15) is 0 Å². The minimum absolute atomic E-state index is 0. The molecule has 286 valence electrons. The van der Waals surface area contributed by atoms with E-state index in [4.69, 9.17) is 10.1 Å². The van der Waals surface area contributed by atoms with Crippen molar-refractivity contribution in [3.63, 3.8) is 0 Å². The van der Waals surface area contributed by atoms with E-state index in [1.54, 1.807) is 11.8 Å². The van der Waals surface area contributed by atoms with Crippen LogP contribution in [0, 0.1) is 18.5 Å². The molecule has 56 heavy (non-hydrogen) atoms. The molecule has 3 aromatic heterocycles. The summed E-state index contributed by atoms with van der Waals surface area (Å²) in [5, 5.41) is 7.52. The Morgan fingerprint density at radius 1 is 0.607 bits per heavy atom. The van der Waals surface area contributed by atoms with Crippen LogP contribution in [-0.4, -0.2) is 19.2 Å². The first-order valence-electron chi connectivity index (χ1n) is 18.9. The Kier molecular flexibility index (Phi) is 10.5. The van der Waals surface area contributed by atoms with Crippen molar-refractivity contribution in [2.24, 2.45) is 0 Å². The van der Waals surface area contributed by atoms with Gasteiger partial charge >= 0.3 is 0 Å². The topological polar surface area (TPSA) is 39.5 Å². The first-order valence-corrected chi connectivity index (χ1v) is 19.7. The van der Waals surface area contributed by atoms with Gasteiger partial charge in [0.1, 0.15) is 5.82 Å². The van der Waals surface area contributed by atoms with E-state index in [2.05, 4.69) is 182 Å². The second-order valence-corrected chi connectivity index (χ2v) is 18.5. The predicted molar refractivity (Wildman–Crippen MR) is 226 cm³/mol. The minimum atomic E-state index is -0.0257. The molecule has 0 atom stereocenters. The van der Waals surface area contributed by atoms with E-state index in [1.165, 1.54) is 22.1 Å². The van der Waals surface area contributed by atoms with Gasteiger partial charge in [-0.15, -0.1) is 38.1 Å². The second kappa shape index (κ2) is 15.0. The van der Waals surface area contributed by atoms with Gasteiger partial charge in [-0.25, -0.2) is 4.98 Å². The van der Waals surface area contributed by atoms with Gasteiger partial charge in [-0.05, 0) is 56.5 Å². The van der Waals surface area contributed by atoms with Crippen LogP contribution >= 0.6 is 11.8 Å². The average Bonchev–Trinajstić information content (AvgIpc) is 3.74. The molecule has 0 saturated heterocycles. The fourth-order valence-corrected chi connectivity index (χ4v) is 7.71. The molecule has 8 aromatic rings. The van der Waals surface area contributed by atoms with Gasteiger partial charge in [0, 0.05) is 38.3 Å². The Balaban J connectivity index is 0.00000480.